The molecule has 0 aromatic rings. The van der Waals surface area contributed by atoms with E-state index in [9.17, 15) is 123 Å². The van der Waals surface area contributed by atoms with Gasteiger partial charge in [0.25, 0.3) is 0 Å². The summed E-state index contributed by atoms with van der Waals surface area (Å²) >= 11 is 0. The number of ether oxygens (including phenoxy) is 2. The van der Waals surface area contributed by atoms with Gasteiger partial charge in [0.05, 0.1) is 116 Å². The summed E-state index contributed by atoms with van der Waals surface area (Å²) in [5, 5.41) is 269. The smallest absolute Gasteiger partial charge is 0.115 e. The SMILES string of the molecule is C=CCC/C=C/C=C/C=C/CC/C=C/C(O)C(O)[C@@H]1O[C@@H](C(O)C(O)C(=C)CCC(O)[C@H]2C[C@@H](O)[C@@H](O)[C@H](C(O)C(O)/C=C(\C)CCC(O)CC(O)C(O)C(C)CC(O)CC(C)/C=C(\C)CC(O)CC(C)CCC(O)CC(O)C(O)C(C)C(O)CCCC(O)CCCC(O)CCCC(O)/C=C/CC(O)/C=C/CO)O2)C[C@@H](O)[C@H]1O. The van der Waals surface area contributed by atoms with Gasteiger partial charge in [-0.1, -0.05) is 137 Å². The monoisotopic (exact) mass is 1630 g/mol. The van der Waals surface area contributed by atoms with Gasteiger partial charge in [-0.25, -0.2) is 0 Å². The van der Waals surface area contributed by atoms with Crippen LogP contribution in [0.4, 0.5) is 0 Å². The summed E-state index contributed by atoms with van der Waals surface area (Å²) < 4.78 is 11.7. The van der Waals surface area contributed by atoms with Crippen molar-refractivity contribution in [2.45, 2.75) is 392 Å². The van der Waals surface area contributed by atoms with Crippen molar-refractivity contribution in [2.24, 2.45) is 23.7 Å². The van der Waals surface area contributed by atoms with Crippen LogP contribution in [0.1, 0.15) is 221 Å². The molecule has 662 valence electrons. The lowest BCUT2D eigenvalue weighted by molar-refractivity contribution is -0.234. The lowest BCUT2D eigenvalue weighted by Gasteiger charge is -2.42. The van der Waals surface area contributed by atoms with Crippen molar-refractivity contribution in [3.63, 3.8) is 0 Å². The number of allylic oxidation sites excluding steroid dienone is 10. The third kappa shape index (κ3) is 43.5. The Labute approximate surface area is 677 Å². The molecule has 0 bridgehead atoms. The zero-order chi connectivity index (χ0) is 85.7. The number of hydrogen-bond donors (Lipinski definition) is 25. The van der Waals surface area contributed by atoms with Crippen molar-refractivity contribution in [3.05, 3.63) is 121 Å². The van der Waals surface area contributed by atoms with E-state index in [1.54, 1.807) is 39.0 Å². The molecule has 0 spiro atoms. The van der Waals surface area contributed by atoms with Crippen LogP contribution in [-0.2, 0) is 9.47 Å². The summed E-state index contributed by atoms with van der Waals surface area (Å²) in [5.74, 6) is -1.42. The maximum absolute atomic E-state index is 11.2. The first-order chi connectivity index (χ1) is 53.8. The Kier molecular flexibility index (Phi) is 55.2. The van der Waals surface area contributed by atoms with Crippen LogP contribution < -0.4 is 0 Å². The van der Waals surface area contributed by atoms with Gasteiger partial charge in [-0.2, -0.15) is 0 Å². The fraction of sp³-hybridized carbons (Fsp3) is 0.770. The third-order valence-corrected chi connectivity index (χ3v) is 22.0. The summed E-state index contributed by atoms with van der Waals surface area (Å²) in [6, 6.07) is 0. The number of hydrogen-bond acceptors (Lipinski definition) is 27. The summed E-state index contributed by atoms with van der Waals surface area (Å²) in [6.07, 6.45) is -2.09. The molecule has 0 amide bonds. The van der Waals surface area contributed by atoms with Gasteiger partial charge in [0, 0.05) is 31.6 Å². The molecular formula is C87H152O27. The Hall–Kier alpha value is -3.68. The number of aliphatic hydroxyl groups is 25. The molecule has 2 rings (SSSR count). The molecular weight excluding hydrogens is 1480 g/mol. The van der Waals surface area contributed by atoms with E-state index < -0.39 is 183 Å². The van der Waals surface area contributed by atoms with Crippen LogP contribution in [0.15, 0.2) is 121 Å². The average Bonchev–Trinajstić information content (AvgIpc) is 0.807. The van der Waals surface area contributed by atoms with E-state index in [0.717, 1.165) is 18.4 Å². The van der Waals surface area contributed by atoms with Crippen LogP contribution in [0.5, 0.6) is 0 Å². The van der Waals surface area contributed by atoms with Crippen molar-refractivity contribution in [2.75, 3.05) is 6.61 Å². The minimum Gasteiger partial charge on any atom is -0.393 e. The van der Waals surface area contributed by atoms with E-state index in [4.69, 9.17) is 14.6 Å². The van der Waals surface area contributed by atoms with Gasteiger partial charge in [0.2, 0.25) is 0 Å². The Morgan fingerprint density at radius 1 is 0.439 bits per heavy atom. The summed E-state index contributed by atoms with van der Waals surface area (Å²) in [6.45, 7) is 18.0. The first kappa shape index (κ1) is 106. The highest BCUT2D eigenvalue weighted by Gasteiger charge is 2.47. The maximum Gasteiger partial charge on any atom is 0.115 e. The van der Waals surface area contributed by atoms with Crippen molar-refractivity contribution in [3.8, 4) is 0 Å². The summed E-state index contributed by atoms with van der Waals surface area (Å²) in [4.78, 5) is 0. The van der Waals surface area contributed by atoms with Gasteiger partial charge < -0.3 is 137 Å². The van der Waals surface area contributed by atoms with Crippen molar-refractivity contribution < 1.29 is 137 Å². The second-order valence-corrected chi connectivity index (χ2v) is 32.9. The van der Waals surface area contributed by atoms with Crippen molar-refractivity contribution in [1.29, 1.82) is 0 Å². The van der Waals surface area contributed by atoms with E-state index in [1.165, 1.54) is 24.3 Å². The van der Waals surface area contributed by atoms with E-state index in [2.05, 4.69) is 13.2 Å². The van der Waals surface area contributed by atoms with Crippen LogP contribution in [0.3, 0.4) is 0 Å². The maximum atomic E-state index is 11.2. The first-order valence-corrected chi connectivity index (χ1v) is 41.7. The molecule has 2 heterocycles. The minimum absolute atomic E-state index is 0.00175. The van der Waals surface area contributed by atoms with E-state index >= 15 is 0 Å². The van der Waals surface area contributed by atoms with Crippen LogP contribution >= 0.6 is 0 Å². The average molecular weight is 1630 g/mol. The quantitative estimate of drug-likeness (QED) is 0.0235. The lowest BCUT2D eigenvalue weighted by atomic mass is 9.87. The summed E-state index contributed by atoms with van der Waals surface area (Å²) in [7, 11) is 0. The second-order valence-electron chi connectivity index (χ2n) is 32.9. The van der Waals surface area contributed by atoms with Gasteiger partial charge in [-0.05, 0) is 191 Å². The standard InChI is InChI=1S/C87H152O27/c1-9-10-11-12-13-14-15-16-17-18-19-20-34-70(99)81(108)86-84(111)75(104)52-77(114-86)85(112)79(106)57(6)38-41-69(98)76-51-74(103)83(110)87(113-76)82(109)71(100)47-54(3)37-40-64(93)49-72(101)78(105)58(7)48-67(96)46-56(5)43-55(4)45-66(95)44-53(2)36-39-65(94)50-73(102)80(107)59(8)68(97)35-24-32-62(91)30-22-28-60(89)26-21-27-61(90)29-23-31-63(92)33-25-42-88/h9,12-17,20,23,25,29,33-34,43,47,53,56,58-112H,1,6,10-11,18-19,21-22,24,26-28,30-32,35-42,44-46,48-52H2,2-5,7-8H3/b13-12+,15-14+,17-16+,29-23+,33-25+,34-20+,54-47+,55-43+/t53?,56?,58?,59?,60?,61?,62?,63?,64?,65?,66?,67?,68?,69?,70?,71?,72?,73?,74-,75-,76-,77-,78?,79?,80?,81?,82?,83-,84-,85?,86+,87+/m1/s1. The fourth-order valence-corrected chi connectivity index (χ4v) is 14.8. The molecule has 27 heteroatoms. The molecule has 0 aromatic heterocycles. The lowest BCUT2D eigenvalue weighted by Crippen LogP contribution is -2.59. The molecule has 27 nitrogen and oxygen atoms in total. The van der Waals surface area contributed by atoms with Crippen LogP contribution in [0.2, 0.25) is 0 Å². The molecule has 2 aliphatic rings. The highest BCUT2D eigenvalue weighted by atomic mass is 16.6. The van der Waals surface area contributed by atoms with Gasteiger partial charge in [0.15, 0.2) is 0 Å². The van der Waals surface area contributed by atoms with Crippen LogP contribution in [0.25, 0.3) is 0 Å². The van der Waals surface area contributed by atoms with Crippen LogP contribution in [0, 0.1) is 23.7 Å². The van der Waals surface area contributed by atoms with E-state index in [-0.39, 0.29) is 88.2 Å². The normalized spacial score (nSPS) is 26.3. The molecule has 0 aliphatic carbocycles. The second kappa shape index (κ2) is 59.1. The van der Waals surface area contributed by atoms with E-state index in [1.807, 2.05) is 69.4 Å². The predicted octanol–water partition coefficient (Wildman–Crippen LogP) is 3.61. The third-order valence-electron chi connectivity index (χ3n) is 22.0. The van der Waals surface area contributed by atoms with Crippen molar-refractivity contribution >= 4 is 0 Å². The Morgan fingerprint density at radius 3 is 1.56 bits per heavy atom. The minimum atomic E-state index is -1.83. The Bertz CT molecular complexity index is 2780. The Balaban J connectivity index is 1.75. The van der Waals surface area contributed by atoms with Gasteiger partial charge in [0.1, 0.15) is 61.0 Å². The highest BCUT2D eigenvalue weighted by Crippen LogP contribution is 2.33. The van der Waals surface area contributed by atoms with Gasteiger partial charge in [-0.15, -0.1) is 6.58 Å². The number of rotatable bonds is 62. The van der Waals surface area contributed by atoms with Crippen LogP contribution in [-0.4, -0.2) is 305 Å². The summed E-state index contributed by atoms with van der Waals surface area (Å²) in [5.41, 5.74) is 1.38. The zero-order valence-electron chi connectivity index (χ0n) is 68.6. The molecule has 32 atom stereocenters. The molecule has 114 heavy (non-hydrogen) atoms. The molecule has 24 unspecified atom stereocenters. The molecule has 0 saturated carbocycles. The van der Waals surface area contributed by atoms with Gasteiger partial charge >= 0.3 is 0 Å². The number of unbranched alkanes of at least 4 members (excludes halogenated alkanes) is 2. The molecule has 25 N–H and O–H groups in total. The predicted molar refractivity (Wildman–Crippen MR) is 436 cm³/mol. The number of aliphatic hydroxyl groups excluding tert-OH is 25. The zero-order valence-corrected chi connectivity index (χ0v) is 68.6. The molecule has 0 radical (unpaired) electrons. The van der Waals surface area contributed by atoms with Gasteiger partial charge in [-0.3, -0.25) is 0 Å². The highest BCUT2D eigenvalue weighted by molar-refractivity contribution is 5.13. The molecule has 2 saturated heterocycles. The largest absolute Gasteiger partial charge is 0.393 e. The van der Waals surface area contributed by atoms with Crippen molar-refractivity contribution in [1.82, 2.24) is 0 Å². The molecule has 2 aliphatic heterocycles. The molecule has 2 fully saturated rings. The topological polar surface area (TPSA) is 524 Å². The fourth-order valence-electron chi connectivity index (χ4n) is 14.8. The first-order valence-electron chi connectivity index (χ1n) is 41.7. The van der Waals surface area contributed by atoms with E-state index in [0.29, 0.717) is 108 Å². The molecule has 0 aromatic carbocycles. The Morgan fingerprint density at radius 2 is 0.965 bits per heavy atom.